The molecule has 1 unspecified atom stereocenters. The molecular formula is C11H9BrF6. The summed E-state index contributed by atoms with van der Waals surface area (Å²) in [5, 5.41) is 0.283. The van der Waals surface area contributed by atoms with Crippen molar-refractivity contribution in [1.82, 2.24) is 0 Å². The van der Waals surface area contributed by atoms with Crippen LogP contribution < -0.4 is 0 Å². The van der Waals surface area contributed by atoms with E-state index in [1.54, 1.807) is 6.92 Å². The minimum atomic E-state index is -4.79. The van der Waals surface area contributed by atoms with E-state index in [0.717, 1.165) is 12.1 Å². The van der Waals surface area contributed by atoms with Crippen molar-refractivity contribution in [3.63, 3.8) is 0 Å². The van der Waals surface area contributed by atoms with Crippen molar-refractivity contribution in [3.05, 3.63) is 34.9 Å². The highest BCUT2D eigenvalue weighted by molar-refractivity contribution is 9.09. The maximum atomic E-state index is 12.5. The number of alkyl halides is 7. The van der Waals surface area contributed by atoms with Crippen molar-refractivity contribution in [3.8, 4) is 0 Å². The van der Waals surface area contributed by atoms with E-state index in [9.17, 15) is 26.3 Å². The van der Waals surface area contributed by atoms with Crippen LogP contribution >= 0.6 is 15.9 Å². The molecule has 0 amide bonds. The van der Waals surface area contributed by atoms with E-state index in [-0.39, 0.29) is 17.0 Å². The fourth-order valence-electron chi connectivity index (χ4n) is 1.35. The number of benzene rings is 1. The maximum Gasteiger partial charge on any atom is 0.416 e. The van der Waals surface area contributed by atoms with Gasteiger partial charge in [0.2, 0.25) is 0 Å². The molecule has 0 saturated carbocycles. The molecule has 0 fully saturated rings. The van der Waals surface area contributed by atoms with Gasteiger partial charge >= 0.3 is 12.4 Å². The smallest absolute Gasteiger partial charge is 0.166 e. The van der Waals surface area contributed by atoms with Crippen LogP contribution in [0.15, 0.2) is 18.2 Å². The molecule has 18 heavy (non-hydrogen) atoms. The van der Waals surface area contributed by atoms with Crippen LogP contribution in [0.2, 0.25) is 0 Å². The number of hydrogen-bond donors (Lipinski definition) is 0. The molecule has 0 aromatic heterocycles. The summed E-state index contributed by atoms with van der Waals surface area (Å²) in [4.78, 5) is 0. The topological polar surface area (TPSA) is 0 Å². The Bertz CT molecular complexity index is 388. The van der Waals surface area contributed by atoms with Crippen LogP contribution in [-0.4, -0.2) is 5.33 Å². The van der Waals surface area contributed by atoms with Crippen molar-refractivity contribution < 1.29 is 26.3 Å². The first kappa shape index (κ1) is 15.3. The largest absolute Gasteiger partial charge is 0.416 e. The molecule has 0 aliphatic rings. The van der Waals surface area contributed by atoms with Crippen LogP contribution in [0.1, 0.15) is 29.5 Å². The van der Waals surface area contributed by atoms with Crippen LogP contribution in [0.5, 0.6) is 0 Å². The van der Waals surface area contributed by atoms with Gasteiger partial charge in [0.05, 0.1) is 11.1 Å². The fourth-order valence-corrected chi connectivity index (χ4v) is 1.73. The standard InChI is InChI=1S/C11H9BrF6/c1-6(5-12)7-2-8(10(13,14)15)4-9(3-7)11(16,17)18/h2-4,6H,5H2,1H3. The molecule has 1 aromatic carbocycles. The van der Waals surface area contributed by atoms with Crippen molar-refractivity contribution >= 4 is 15.9 Å². The lowest BCUT2D eigenvalue weighted by Crippen LogP contribution is -2.12. The molecule has 0 saturated heterocycles. The summed E-state index contributed by atoms with van der Waals surface area (Å²) in [5.74, 6) is -0.437. The summed E-state index contributed by atoms with van der Waals surface area (Å²) in [6.45, 7) is 1.55. The minimum Gasteiger partial charge on any atom is -0.166 e. The molecule has 7 heteroatoms. The Labute approximate surface area is 108 Å². The predicted octanol–water partition coefficient (Wildman–Crippen LogP) is 5.22. The summed E-state index contributed by atoms with van der Waals surface area (Å²) in [7, 11) is 0. The fraction of sp³-hybridized carbons (Fsp3) is 0.455. The SMILES string of the molecule is CC(CBr)c1cc(C(F)(F)F)cc(C(F)(F)F)c1. The Morgan fingerprint density at radius 3 is 1.61 bits per heavy atom. The lowest BCUT2D eigenvalue weighted by Gasteiger charge is -2.16. The Balaban J connectivity index is 3.39. The van der Waals surface area contributed by atoms with Crippen molar-refractivity contribution in [2.45, 2.75) is 25.2 Å². The highest BCUT2D eigenvalue weighted by Gasteiger charge is 2.37. The quantitative estimate of drug-likeness (QED) is 0.513. The summed E-state index contributed by atoms with van der Waals surface area (Å²) in [5.41, 5.74) is -2.55. The molecule has 0 aliphatic carbocycles. The zero-order chi connectivity index (χ0) is 14.1. The molecule has 1 rings (SSSR count). The monoisotopic (exact) mass is 334 g/mol. The molecule has 0 heterocycles. The third-order valence-electron chi connectivity index (χ3n) is 2.41. The van der Waals surface area contributed by atoms with Crippen molar-refractivity contribution in [1.29, 1.82) is 0 Å². The van der Waals surface area contributed by atoms with Gasteiger partial charge in [0.15, 0.2) is 0 Å². The Kier molecular flexibility index (Phi) is 4.35. The second-order valence-corrected chi connectivity index (χ2v) is 4.54. The van der Waals surface area contributed by atoms with E-state index in [1.165, 1.54) is 0 Å². The summed E-state index contributed by atoms with van der Waals surface area (Å²) in [6.07, 6.45) is -9.58. The second kappa shape index (κ2) is 5.11. The summed E-state index contributed by atoms with van der Waals surface area (Å²) < 4.78 is 75.1. The summed E-state index contributed by atoms with van der Waals surface area (Å²) in [6, 6.07) is 1.63. The average Bonchev–Trinajstić information content (AvgIpc) is 2.25. The molecular weight excluding hydrogens is 326 g/mol. The van der Waals surface area contributed by atoms with Gasteiger partial charge in [-0.3, -0.25) is 0 Å². The van der Waals surface area contributed by atoms with Crippen molar-refractivity contribution in [2.75, 3.05) is 5.33 Å². The molecule has 0 spiro atoms. The van der Waals surface area contributed by atoms with Gasteiger partial charge in [-0.2, -0.15) is 26.3 Å². The molecule has 1 atom stereocenters. The van der Waals surface area contributed by atoms with Crippen LogP contribution in [0, 0.1) is 0 Å². The van der Waals surface area contributed by atoms with Gasteiger partial charge in [0, 0.05) is 5.33 Å². The molecule has 102 valence electrons. The Morgan fingerprint density at radius 1 is 0.944 bits per heavy atom. The Hall–Kier alpha value is -0.720. The van der Waals surface area contributed by atoms with Crippen LogP contribution in [-0.2, 0) is 12.4 Å². The van der Waals surface area contributed by atoms with Gasteiger partial charge in [-0.05, 0) is 29.7 Å². The Morgan fingerprint density at radius 2 is 1.33 bits per heavy atom. The molecule has 1 aromatic rings. The molecule has 0 aliphatic heterocycles. The lowest BCUT2D eigenvalue weighted by molar-refractivity contribution is -0.143. The van der Waals surface area contributed by atoms with Crippen molar-refractivity contribution in [2.24, 2.45) is 0 Å². The molecule has 0 radical (unpaired) electrons. The van der Waals surface area contributed by atoms with E-state index < -0.39 is 29.4 Å². The van der Waals surface area contributed by atoms with Gasteiger partial charge in [-0.1, -0.05) is 22.9 Å². The maximum absolute atomic E-state index is 12.5. The molecule has 0 nitrogen and oxygen atoms in total. The first-order valence-electron chi connectivity index (χ1n) is 4.91. The number of hydrogen-bond acceptors (Lipinski definition) is 0. The van der Waals surface area contributed by atoms with Gasteiger partial charge < -0.3 is 0 Å². The second-order valence-electron chi connectivity index (χ2n) is 3.89. The van der Waals surface area contributed by atoms with Crippen LogP contribution in [0.25, 0.3) is 0 Å². The van der Waals surface area contributed by atoms with Gasteiger partial charge in [-0.15, -0.1) is 0 Å². The van der Waals surface area contributed by atoms with Gasteiger partial charge in [-0.25, -0.2) is 0 Å². The lowest BCUT2D eigenvalue weighted by atomic mass is 9.97. The third-order valence-corrected chi connectivity index (χ3v) is 3.38. The van der Waals surface area contributed by atoms with E-state index >= 15 is 0 Å². The first-order valence-corrected chi connectivity index (χ1v) is 6.03. The first-order chi connectivity index (χ1) is 8.05. The average molecular weight is 335 g/mol. The summed E-state index contributed by atoms with van der Waals surface area (Å²) >= 11 is 3.04. The normalized spacial score (nSPS) is 14.7. The third kappa shape index (κ3) is 3.63. The van der Waals surface area contributed by atoms with Crippen LogP contribution in [0.3, 0.4) is 0 Å². The highest BCUT2D eigenvalue weighted by Crippen LogP contribution is 2.37. The highest BCUT2D eigenvalue weighted by atomic mass is 79.9. The molecule has 0 N–H and O–H groups in total. The van der Waals surface area contributed by atoms with Gasteiger partial charge in [0.25, 0.3) is 0 Å². The predicted molar refractivity (Wildman–Crippen MR) is 58.7 cm³/mol. The minimum absolute atomic E-state index is 0.00836. The van der Waals surface area contributed by atoms with E-state index in [1.807, 2.05) is 0 Å². The van der Waals surface area contributed by atoms with E-state index in [2.05, 4.69) is 15.9 Å². The zero-order valence-electron chi connectivity index (χ0n) is 9.16. The number of rotatable bonds is 2. The number of halogens is 7. The van der Waals surface area contributed by atoms with Gasteiger partial charge in [0.1, 0.15) is 0 Å². The van der Waals surface area contributed by atoms with E-state index in [0.29, 0.717) is 0 Å². The van der Waals surface area contributed by atoms with E-state index in [4.69, 9.17) is 0 Å². The molecule has 0 bridgehead atoms. The van der Waals surface area contributed by atoms with Crippen LogP contribution in [0.4, 0.5) is 26.3 Å². The zero-order valence-corrected chi connectivity index (χ0v) is 10.7.